The van der Waals surface area contributed by atoms with Crippen LogP contribution >= 0.6 is 0 Å². The lowest BCUT2D eigenvalue weighted by Gasteiger charge is -2.61. The van der Waals surface area contributed by atoms with Gasteiger partial charge in [-0.3, -0.25) is 9.59 Å². The highest BCUT2D eigenvalue weighted by molar-refractivity contribution is 5.75. The van der Waals surface area contributed by atoms with Gasteiger partial charge in [0, 0.05) is 13.0 Å². The zero-order valence-electron chi connectivity index (χ0n) is 23.7. The Balaban J connectivity index is 1.37. The summed E-state index contributed by atoms with van der Waals surface area (Å²) in [6, 6.07) is 0. The molecular weight excluding hydrogens is 450 g/mol. The monoisotopic (exact) mass is 503 g/mol. The summed E-state index contributed by atoms with van der Waals surface area (Å²) in [4.78, 5) is 24.6. The third-order valence-electron chi connectivity index (χ3n) is 11.9. The maximum Gasteiger partial charge on any atom is 0.308 e. The minimum absolute atomic E-state index is 0.00483. The van der Waals surface area contributed by atoms with Gasteiger partial charge >= 0.3 is 5.97 Å². The Morgan fingerprint density at radius 3 is 2.44 bits per heavy atom. The van der Waals surface area contributed by atoms with Gasteiger partial charge in [0.1, 0.15) is 6.10 Å². The van der Waals surface area contributed by atoms with Crippen molar-refractivity contribution in [1.29, 1.82) is 0 Å². The van der Waals surface area contributed by atoms with Crippen LogP contribution in [0.5, 0.6) is 0 Å². The molecule has 5 nitrogen and oxygen atoms in total. The number of hydrogen-bond donors (Lipinski definition) is 2. The highest BCUT2D eigenvalue weighted by atomic mass is 16.5. The summed E-state index contributed by atoms with van der Waals surface area (Å²) >= 11 is 0. The van der Waals surface area contributed by atoms with Gasteiger partial charge in [-0.15, -0.1) is 0 Å². The van der Waals surface area contributed by atoms with Crippen LogP contribution in [0.1, 0.15) is 112 Å². The zero-order chi connectivity index (χ0) is 26.1. The molecule has 0 aromatic rings. The summed E-state index contributed by atoms with van der Waals surface area (Å²) < 4.78 is 5.98. The topological polar surface area (TPSA) is 75.6 Å². The average Bonchev–Trinajstić information content (AvgIpc) is 3.22. The molecule has 0 aliphatic heterocycles. The van der Waals surface area contributed by atoms with Crippen molar-refractivity contribution >= 4 is 11.9 Å². The van der Waals surface area contributed by atoms with E-state index in [1.54, 1.807) is 0 Å². The quantitative estimate of drug-likeness (QED) is 0.371. The van der Waals surface area contributed by atoms with E-state index in [2.05, 4.69) is 33.0 Å². The lowest BCUT2D eigenvalue weighted by molar-refractivity contribution is -0.166. The maximum absolute atomic E-state index is 12.4. The number of esters is 1. The molecule has 4 rings (SSSR count). The van der Waals surface area contributed by atoms with Crippen molar-refractivity contribution in [3.05, 3.63) is 0 Å². The molecule has 4 fully saturated rings. The van der Waals surface area contributed by atoms with E-state index in [1.165, 1.54) is 44.9 Å². The van der Waals surface area contributed by atoms with Gasteiger partial charge in [-0.05, 0) is 117 Å². The fourth-order valence-electron chi connectivity index (χ4n) is 9.59. The smallest absolute Gasteiger partial charge is 0.308 e. The molecule has 0 aromatic heterocycles. The molecule has 8 unspecified atom stereocenters. The van der Waals surface area contributed by atoms with E-state index in [1.807, 2.05) is 6.92 Å². The predicted molar refractivity (Wildman–Crippen MR) is 143 cm³/mol. The molecule has 5 heteroatoms. The molecule has 0 heterocycles. The largest absolute Gasteiger partial charge is 0.462 e. The molecule has 10 atom stereocenters. The van der Waals surface area contributed by atoms with Crippen molar-refractivity contribution in [3.8, 4) is 0 Å². The van der Waals surface area contributed by atoms with Gasteiger partial charge < -0.3 is 15.2 Å². The van der Waals surface area contributed by atoms with E-state index in [0.717, 1.165) is 49.4 Å². The number of aliphatic hydroxyl groups is 1. The van der Waals surface area contributed by atoms with Gasteiger partial charge in [0.15, 0.2) is 0 Å². The van der Waals surface area contributed by atoms with Crippen molar-refractivity contribution < 1.29 is 19.4 Å². The first kappa shape index (κ1) is 27.9. The third-order valence-corrected chi connectivity index (χ3v) is 11.9. The van der Waals surface area contributed by atoms with E-state index < -0.39 is 0 Å². The molecule has 0 bridgehead atoms. The molecule has 36 heavy (non-hydrogen) atoms. The summed E-state index contributed by atoms with van der Waals surface area (Å²) in [5.41, 5.74) is 0.812. The highest BCUT2D eigenvalue weighted by Gasteiger charge is 2.60. The lowest BCUT2D eigenvalue weighted by atomic mass is 9.44. The number of amides is 1. The fraction of sp³-hybridized carbons (Fsp3) is 0.935. The Morgan fingerprint density at radius 1 is 1.00 bits per heavy atom. The molecule has 2 N–H and O–H groups in total. The van der Waals surface area contributed by atoms with Gasteiger partial charge in [0.05, 0.1) is 12.5 Å². The Morgan fingerprint density at radius 2 is 1.72 bits per heavy atom. The summed E-state index contributed by atoms with van der Waals surface area (Å²) in [7, 11) is 0. The van der Waals surface area contributed by atoms with Crippen LogP contribution in [-0.4, -0.2) is 36.2 Å². The van der Waals surface area contributed by atoms with Gasteiger partial charge in [0.2, 0.25) is 5.91 Å². The second kappa shape index (κ2) is 11.3. The molecule has 4 aliphatic rings. The van der Waals surface area contributed by atoms with Crippen LogP contribution in [0.25, 0.3) is 0 Å². The Labute approximate surface area is 219 Å². The van der Waals surface area contributed by atoms with Crippen molar-refractivity contribution in [2.24, 2.45) is 52.3 Å². The highest BCUT2D eigenvalue weighted by Crippen LogP contribution is 2.68. The van der Waals surface area contributed by atoms with Gasteiger partial charge in [-0.2, -0.15) is 0 Å². The van der Waals surface area contributed by atoms with Crippen LogP contribution in [0.4, 0.5) is 0 Å². The number of aliphatic hydroxyl groups excluding tert-OH is 1. The van der Waals surface area contributed by atoms with Crippen LogP contribution in [0, 0.1) is 52.3 Å². The van der Waals surface area contributed by atoms with Crippen LogP contribution in [-0.2, 0) is 14.3 Å². The first-order valence-electron chi connectivity index (χ1n) is 15.2. The van der Waals surface area contributed by atoms with E-state index in [9.17, 15) is 9.59 Å². The average molecular weight is 504 g/mol. The first-order valence-corrected chi connectivity index (χ1v) is 15.2. The molecule has 0 saturated heterocycles. The summed E-state index contributed by atoms with van der Waals surface area (Å²) in [6.07, 6.45) is 13.8. The number of carbonyl (C=O) groups is 2. The van der Waals surface area contributed by atoms with Crippen LogP contribution in [0.15, 0.2) is 0 Å². The standard InChI is InChI=1S/C31H53NO4/c1-6-20(2)29(35)36-23-13-15-30(4)22(19-23)8-9-24-26-11-10-25(31(26,5)16-14-27(24)30)21(3)7-12-28(34)32-17-18-33/h20-27,33H,6-19H2,1-5H3,(H,32,34)/t20?,21?,22?,23?,24?,25?,26?,27?,30-,31+/m0/s1. The third kappa shape index (κ3) is 5.24. The van der Waals surface area contributed by atoms with Crippen molar-refractivity contribution in [2.45, 2.75) is 118 Å². The lowest BCUT2D eigenvalue weighted by Crippen LogP contribution is -2.54. The number of rotatable bonds is 9. The molecule has 1 amide bonds. The molecule has 4 saturated carbocycles. The van der Waals surface area contributed by atoms with Gasteiger partial charge in [-0.1, -0.05) is 34.6 Å². The SMILES string of the molecule is CCC(C)C(=O)OC1CC[C@@]2(C)C(CCC3C4CCC(C(C)CCC(=O)NCCO)[C@@]4(C)CCC32)C1. The first-order chi connectivity index (χ1) is 17.1. The second-order valence-corrected chi connectivity index (χ2v) is 13.6. The van der Waals surface area contributed by atoms with Crippen molar-refractivity contribution in [3.63, 3.8) is 0 Å². The number of carbonyl (C=O) groups excluding carboxylic acids is 2. The summed E-state index contributed by atoms with van der Waals surface area (Å²) in [5.74, 6) is 4.56. The van der Waals surface area contributed by atoms with Gasteiger partial charge in [-0.25, -0.2) is 0 Å². The van der Waals surface area contributed by atoms with Crippen molar-refractivity contribution in [2.75, 3.05) is 13.2 Å². The Bertz CT molecular complexity index is 785. The zero-order valence-corrected chi connectivity index (χ0v) is 23.7. The van der Waals surface area contributed by atoms with Crippen LogP contribution < -0.4 is 5.32 Å². The Kier molecular flexibility index (Phi) is 8.79. The minimum atomic E-state index is 0.00483. The van der Waals surface area contributed by atoms with Crippen molar-refractivity contribution in [1.82, 2.24) is 5.32 Å². The van der Waals surface area contributed by atoms with E-state index in [4.69, 9.17) is 9.84 Å². The van der Waals surface area contributed by atoms with Gasteiger partial charge in [0.25, 0.3) is 0 Å². The molecule has 206 valence electrons. The summed E-state index contributed by atoms with van der Waals surface area (Å²) in [5, 5.41) is 11.8. The Hall–Kier alpha value is -1.10. The van der Waals surface area contributed by atoms with Crippen LogP contribution in [0.3, 0.4) is 0 Å². The van der Waals surface area contributed by atoms with Crippen LogP contribution in [0.2, 0.25) is 0 Å². The molecule has 0 spiro atoms. The molecule has 4 aliphatic carbocycles. The van der Waals surface area contributed by atoms with E-state index in [0.29, 0.717) is 35.6 Å². The molecule has 0 aromatic carbocycles. The number of fused-ring (bicyclic) bond motifs is 5. The summed E-state index contributed by atoms with van der Waals surface area (Å²) in [6.45, 7) is 12.0. The van der Waals surface area contributed by atoms with E-state index in [-0.39, 0.29) is 30.5 Å². The minimum Gasteiger partial charge on any atom is -0.462 e. The maximum atomic E-state index is 12.4. The predicted octanol–water partition coefficient (Wildman–Crippen LogP) is 6.13. The number of hydrogen-bond acceptors (Lipinski definition) is 4. The normalized spacial score (nSPS) is 41.4. The number of ether oxygens (including phenoxy) is 1. The fourth-order valence-corrected chi connectivity index (χ4v) is 9.59. The second-order valence-electron chi connectivity index (χ2n) is 13.6. The molecule has 0 radical (unpaired) electrons. The number of nitrogens with one attached hydrogen (secondary N) is 1. The molecular formula is C31H53NO4. The van der Waals surface area contributed by atoms with E-state index >= 15 is 0 Å².